The monoisotopic (exact) mass is 510 g/mol. The van der Waals surface area contributed by atoms with Gasteiger partial charge in [0.2, 0.25) is 7.44 Å². The number of hydrogen-bond acceptors (Lipinski definition) is 8. The van der Waals surface area contributed by atoms with Crippen LogP contribution in [0.25, 0.3) is 11.2 Å². The Morgan fingerprint density at radius 1 is 1.26 bits per heavy atom. The van der Waals surface area contributed by atoms with E-state index in [0.29, 0.717) is 30.1 Å². The molecule has 2 heterocycles. The van der Waals surface area contributed by atoms with Crippen molar-refractivity contribution in [2.24, 2.45) is 0 Å². The number of nitrogen functional groups attached to an aromatic ring is 1. The molecular formula is C23H41N7O4P. The molecule has 0 aliphatic heterocycles. The zero-order chi connectivity index (χ0) is 26.0. The molecule has 0 amide bonds. The van der Waals surface area contributed by atoms with E-state index >= 15 is 0 Å². The third kappa shape index (κ3) is 8.24. The molecule has 0 fully saturated rings. The fraction of sp³-hybridized carbons (Fsp3) is 0.696. The summed E-state index contributed by atoms with van der Waals surface area (Å²) in [6, 6.07) is -0.961. The highest BCUT2D eigenvalue weighted by atomic mass is 31.2. The summed E-state index contributed by atoms with van der Waals surface area (Å²) in [6.07, 6.45) is 7.07. The minimum atomic E-state index is -3.32. The van der Waals surface area contributed by atoms with Gasteiger partial charge < -0.3 is 19.8 Å². The van der Waals surface area contributed by atoms with Crippen molar-refractivity contribution in [1.82, 2.24) is 29.3 Å². The molecule has 4 atom stereocenters. The lowest BCUT2D eigenvalue weighted by molar-refractivity contribution is -0.147. The Morgan fingerprint density at radius 2 is 2.00 bits per heavy atom. The number of unbranched alkanes of at least 4 members (excludes halogenated alkanes) is 2. The number of carbonyl (C=O) groups is 1. The molecule has 2 rings (SSSR count). The van der Waals surface area contributed by atoms with E-state index in [1.165, 1.54) is 11.0 Å². The third-order valence-corrected chi connectivity index (χ3v) is 8.48. The predicted molar refractivity (Wildman–Crippen MR) is 138 cm³/mol. The van der Waals surface area contributed by atoms with E-state index in [9.17, 15) is 9.36 Å². The summed E-state index contributed by atoms with van der Waals surface area (Å²) in [5.74, 6) is -0.0948. The maximum Gasteiger partial charge on any atom is 0.323 e. The van der Waals surface area contributed by atoms with Crippen LogP contribution in [0.1, 0.15) is 59.8 Å². The van der Waals surface area contributed by atoms with E-state index in [-0.39, 0.29) is 18.5 Å². The molecule has 35 heavy (non-hydrogen) atoms. The van der Waals surface area contributed by atoms with Gasteiger partial charge in [-0.2, -0.15) is 0 Å². The van der Waals surface area contributed by atoms with Gasteiger partial charge in [-0.1, -0.05) is 33.1 Å². The van der Waals surface area contributed by atoms with Crippen molar-refractivity contribution in [2.75, 3.05) is 25.7 Å². The Morgan fingerprint density at radius 3 is 2.69 bits per heavy atom. The van der Waals surface area contributed by atoms with Gasteiger partial charge in [-0.25, -0.2) is 24.7 Å². The Hall–Kier alpha value is -2.07. The van der Waals surface area contributed by atoms with Crippen LogP contribution >= 0.6 is 7.44 Å². The molecule has 0 aliphatic rings. The lowest BCUT2D eigenvalue weighted by Gasteiger charge is -2.34. The molecule has 0 bridgehead atoms. The first kappa shape index (κ1) is 29.2. The highest BCUT2D eigenvalue weighted by Crippen LogP contribution is 2.47. The number of aromatic nitrogens is 4. The standard InChI is InChI=1S/C23H41N7O4P/c1-7-9-10-12-33-23(31)19(5)29(6)35(32,28-17(3)11-8-2)16-34-18(4)13-30-15-27-20-21(24)25-14-26-22(20)30/h14-15,17-19H,3,7-13,16H2,1-2,4-6H3,(H,28,32)(H2,24,25,26)/t17?,18-,19-,35?/m1/s1. The van der Waals surface area contributed by atoms with E-state index in [0.717, 1.165) is 32.1 Å². The Labute approximate surface area is 208 Å². The number of likely N-dealkylation sites (N-methyl/N-ethyl adjacent to an activating group) is 1. The van der Waals surface area contributed by atoms with Gasteiger partial charge in [-0.05, 0) is 40.7 Å². The molecule has 11 nitrogen and oxygen atoms in total. The highest BCUT2D eigenvalue weighted by Gasteiger charge is 2.36. The predicted octanol–water partition coefficient (Wildman–Crippen LogP) is 3.61. The molecule has 1 radical (unpaired) electrons. The number of fused-ring (bicyclic) bond motifs is 1. The zero-order valence-corrected chi connectivity index (χ0v) is 22.5. The quantitative estimate of drug-likeness (QED) is 0.196. The Bertz CT molecular complexity index is 986. The van der Waals surface area contributed by atoms with Gasteiger partial charge in [-0.3, -0.25) is 9.36 Å². The number of nitrogens with zero attached hydrogens (tertiary/aromatic N) is 5. The van der Waals surface area contributed by atoms with E-state index in [2.05, 4.69) is 33.9 Å². The van der Waals surface area contributed by atoms with Gasteiger partial charge in [-0.15, -0.1) is 0 Å². The summed E-state index contributed by atoms with van der Waals surface area (Å²) in [4.78, 5) is 25.1. The second-order valence-electron chi connectivity index (χ2n) is 8.87. The van der Waals surface area contributed by atoms with Crippen LogP contribution in [-0.4, -0.2) is 68.3 Å². The molecule has 12 heteroatoms. The van der Waals surface area contributed by atoms with Crippen molar-refractivity contribution >= 4 is 30.4 Å². The highest BCUT2D eigenvalue weighted by molar-refractivity contribution is 7.59. The van der Waals surface area contributed by atoms with Crippen LogP contribution in [0, 0.1) is 6.92 Å². The first-order valence-corrected chi connectivity index (χ1v) is 14.1. The number of ether oxygens (including phenoxy) is 2. The second-order valence-corrected chi connectivity index (χ2v) is 11.4. The van der Waals surface area contributed by atoms with Gasteiger partial charge in [0.15, 0.2) is 11.5 Å². The normalized spacial score (nSPS) is 16.2. The fourth-order valence-electron chi connectivity index (χ4n) is 3.59. The number of anilines is 1. The maximum atomic E-state index is 14.1. The van der Waals surface area contributed by atoms with Crippen LogP contribution in [0.3, 0.4) is 0 Å². The van der Waals surface area contributed by atoms with E-state index in [1.807, 2.05) is 18.4 Å². The first-order chi connectivity index (χ1) is 16.6. The molecule has 0 aliphatic carbocycles. The molecule has 0 spiro atoms. The van der Waals surface area contributed by atoms with Crippen molar-refractivity contribution in [3.63, 3.8) is 0 Å². The van der Waals surface area contributed by atoms with E-state index < -0.39 is 19.5 Å². The van der Waals surface area contributed by atoms with Gasteiger partial charge in [0, 0.05) is 6.04 Å². The smallest absolute Gasteiger partial charge is 0.323 e. The van der Waals surface area contributed by atoms with Crippen molar-refractivity contribution in [1.29, 1.82) is 0 Å². The van der Waals surface area contributed by atoms with Crippen LogP contribution < -0.4 is 10.8 Å². The Balaban J connectivity index is 2.08. The zero-order valence-electron chi connectivity index (χ0n) is 21.6. The number of imidazole rings is 1. The van der Waals surface area contributed by atoms with Crippen LogP contribution in [0.4, 0.5) is 5.82 Å². The summed E-state index contributed by atoms with van der Waals surface area (Å²) < 4.78 is 28.9. The Kier molecular flexibility index (Phi) is 11.6. The van der Waals surface area contributed by atoms with E-state index in [4.69, 9.17) is 15.2 Å². The number of nitrogens with one attached hydrogen (secondary N) is 1. The minimum absolute atomic E-state index is 0.0996. The molecule has 2 aromatic heterocycles. The van der Waals surface area contributed by atoms with Gasteiger partial charge in [0.05, 0.1) is 25.6 Å². The largest absolute Gasteiger partial charge is 0.465 e. The average molecular weight is 511 g/mol. The fourth-order valence-corrected chi connectivity index (χ4v) is 5.83. The molecule has 2 aromatic rings. The molecule has 197 valence electrons. The lowest BCUT2D eigenvalue weighted by atomic mass is 10.2. The molecule has 0 saturated heterocycles. The number of carbonyl (C=O) groups excluding carboxylic acids is 1. The van der Waals surface area contributed by atoms with Gasteiger partial charge in [0.25, 0.3) is 0 Å². The van der Waals surface area contributed by atoms with Crippen molar-refractivity contribution in [3.8, 4) is 0 Å². The van der Waals surface area contributed by atoms with Crippen LogP contribution in [-0.2, 0) is 25.4 Å². The number of nitrogens with two attached hydrogens (primary N) is 1. The second kappa shape index (κ2) is 13.9. The SMILES string of the molecule is [CH2]C(CCC)NP(=O)(CO[C@H](C)Cn1cnc2c(N)ncnc21)N(C)[C@H](C)C(=O)OCCCCC. The van der Waals surface area contributed by atoms with Crippen molar-refractivity contribution < 1.29 is 18.8 Å². The van der Waals surface area contributed by atoms with Crippen molar-refractivity contribution in [3.05, 3.63) is 19.6 Å². The summed E-state index contributed by atoms with van der Waals surface area (Å²) in [5, 5.41) is 3.14. The van der Waals surface area contributed by atoms with E-state index in [1.54, 1.807) is 20.3 Å². The topological polar surface area (TPSA) is 137 Å². The minimum Gasteiger partial charge on any atom is -0.465 e. The van der Waals surface area contributed by atoms with Gasteiger partial charge >= 0.3 is 5.97 Å². The van der Waals surface area contributed by atoms with Gasteiger partial charge in [0.1, 0.15) is 24.2 Å². The molecule has 0 saturated carbocycles. The maximum absolute atomic E-state index is 14.1. The molecule has 3 N–H and O–H groups in total. The molecule has 2 unspecified atom stereocenters. The number of rotatable bonds is 16. The van der Waals surface area contributed by atoms with Crippen LogP contribution in [0.15, 0.2) is 12.7 Å². The summed E-state index contributed by atoms with van der Waals surface area (Å²) in [5.41, 5.74) is 6.99. The lowest BCUT2D eigenvalue weighted by Crippen LogP contribution is -2.42. The molecule has 0 aromatic carbocycles. The summed E-state index contributed by atoms with van der Waals surface area (Å²) >= 11 is 0. The number of esters is 1. The van der Waals surface area contributed by atoms with Crippen LogP contribution in [0.5, 0.6) is 0 Å². The average Bonchev–Trinajstić information content (AvgIpc) is 3.23. The molecular weight excluding hydrogens is 469 g/mol. The third-order valence-electron chi connectivity index (χ3n) is 5.84. The van der Waals surface area contributed by atoms with Crippen LogP contribution in [0.2, 0.25) is 0 Å². The van der Waals surface area contributed by atoms with Crippen molar-refractivity contribution in [2.45, 2.75) is 84.5 Å². The number of hydrogen-bond donors (Lipinski definition) is 2. The summed E-state index contributed by atoms with van der Waals surface area (Å²) in [7, 11) is -1.67. The first-order valence-electron chi connectivity index (χ1n) is 12.3. The summed E-state index contributed by atoms with van der Waals surface area (Å²) in [6.45, 7) is 12.6.